The van der Waals surface area contributed by atoms with E-state index in [9.17, 15) is 9.59 Å². The van der Waals surface area contributed by atoms with Gasteiger partial charge in [0.2, 0.25) is 0 Å². The van der Waals surface area contributed by atoms with Gasteiger partial charge in [0.25, 0.3) is 0 Å². The summed E-state index contributed by atoms with van der Waals surface area (Å²) in [6.07, 6.45) is 6.10. The van der Waals surface area contributed by atoms with Gasteiger partial charge >= 0.3 is 9.95 Å². The molecule has 4 nitrogen and oxygen atoms in total. The molecular formula is C11H17IO4. The molecular weight excluding hydrogens is 323 g/mol. The lowest BCUT2D eigenvalue weighted by molar-refractivity contribution is -0.166. The lowest BCUT2D eigenvalue weighted by Crippen LogP contribution is -2.37. The Bertz CT molecular complexity index is 259. The quantitative estimate of drug-likeness (QED) is 0.448. The lowest BCUT2D eigenvalue weighted by Gasteiger charge is -2.35. The van der Waals surface area contributed by atoms with Crippen LogP contribution in [0.5, 0.6) is 0 Å². The van der Waals surface area contributed by atoms with E-state index in [1.807, 2.05) is 6.92 Å². The van der Waals surface area contributed by atoms with Gasteiger partial charge in [-0.15, -0.1) is 0 Å². The SMILES string of the molecule is CCC1(OC(=O)COC(=O)I)CCCCC1. The summed E-state index contributed by atoms with van der Waals surface area (Å²) in [4.78, 5) is 22.0. The molecule has 1 aliphatic rings. The Balaban J connectivity index is 2.42. The smallest absolute Gasteiger partial charge is 0.367 e. The zero-order chi connectivity index (χ0) is 12.0. The largest absolute Gasteiger partial charge is 0.457 e. The molecule has 0 aromatic heterocycles. The predicted octanol–water partition coefficient (Wildman–Crippen LogP) is 3.21. The minimum Gasteiger partial charge on any atom is -0.457 e. The Labute approximate surface area is 109 Å². The fourth-order valence-electron chi connectivity index (χ4n) is 2.11. The van der Waals surface area contributed by atoms with E-state index in [-0.39, 0.29) is 12.2 Å². The fraction of sp³-hybridized carbons (Fsp3) is 0.818. The summed E-state index contributed by atoms with van der Waals surface area (Å²) in [6.45, 7) is 1.76. The zero-order valence-electron chi connectivity index (χ0n) is 9.46. The minimum atomic E-state index is -0.483. The first-order valence-corrected chi connectivity index (χ1v) is 6.70. The second kappa shape index (κ2) is 6.42. The molecule has 92 valence electrons. The van der Waals surface area contributed by atoms with Crippen LogP contribution in [0.4, 0.5) is 4.79 Å². The number of esters is 1. The average molecular weight is 340 g/mol. The molecule has 0 aliphatic heterocycles. The fourth-order valence-corrected chi connectivity index (χ4v) is 2.27. The van der Waals surface area contributed by atoms with Crippen LogP contribution in [0.15, 0.2) is 0 Å². The second-order valence-electron chi connectivity index (χ2n) is 4.10. The average Bonchev–Trinajstić information content (AvgIpc) is 2.28. The van der Waals surface area contributed by atoms with Gasteiger partial charge in [-0.3, -0.25) is 0 Å². The molecule has 0 saturated heterocycles. The van der Waals surface area contributed by atoms with Crippen LogP contribution in [-0.4, -0.2) is 22.2 Å². The molecule has 0 amide bonds. The first-order chi connectivity index (χ1) is 7.58. The molecule has 0 radical (unpaired) electrons. The van der Waals surface area contributed by atoms with E-state index in [1.54, 1.807) is 0 Å². The van der Waals surface area contributed by atoms with Crippen molar-refractivity contribution in [2.24, 2.45) is 0 Å². The molecule has 0 bridgehead atoms. The summed E-state index contributed by atoms with van der Waals surface area (Å²) in [5.74, 6) is -0.436. The topological polar surface area (TPSA) is 52.6 Å². The van der Waals surface area contributed by atoms with Crippen LogP contribution < -0.4 is 0 Å². The van der Waals surface area contributed by atoms with Crippen molar-refractivity contribution in [1.82, 2.24) is 0 Å². The lowest BCUT2D eigenvalue weighted by atomic mass is 9.83. The predicted molar refractivity (Wildman–Crippen MR) is 67.6 cm³/mol. The van der Waals surface area contributed by atoms with Crippen LogP contribution in [0, 0.1) is 0 Å². The van der Waals surface area contributed by atoms with Gasteiger partial charge in [0, 0.05) is 0 Å². The maximum absolute atomic E-state index is 11.5. The molecule has 0 aromatic rings. The number of halogens is 1. The maximum Gasteiger partial charge on any atom is 0.367 e. The van der Waals surface area contributed by atoms with Gasteiger partial charge in [0.05, 0.1) is 22.6 Å². The van der Waals surface area contributed by atoms with E-state index in [2.05, 4.69) is 4.74 Å². The van der Waals surface area contributed by atoms with Gasteiger partial charge in [0.15, 0.2) is 6.61 Å². The van der Waals surface area contributed by atoms with Crippen LogP contribution in [0.25, 0.3) is 0 Å². The standard InChI is InChI=1S/C11H17IO4/c1-2-11(6-4-3-5-7-11)16-9(13)8-15-10(12)14/h2-8H2,1H3. The van der Waals surface area contributed by atoms with Crippen LogP contribution in [0.1, 0.15) is 45.4 Å². The first kappa shape index (κ1) is 13.7. The van der Waals surface area contributed by atoms with E-state index in [4.69, 9.17) is 4.74 Å². The van der Waals surface area contributed by atoms with Crippen LogP contribution >= 0.6 is 22.6 Å². The van der Waals surface area contributed by atoms with Crippen molar-refractivity contribution in [3.8, 4) is 0 Å². The Morgan fingerprint density at radius 3 is 2.38 bits per heavy atom. The number of hydrogen-bond donors (Lipinski definition) is 0. The molecule has 0 atom stereocenters. The zero-order valence-corrected chi connectivity index (χ0v) is 11.6. The third kappa shape index (κ3) is 4.27. The molecule has 5 heteroatoms. The van der Waals surface area contributed by atoms with Gasteiger partial charge in [-0.2, -0.15) is 0 Å². The van der Waals surface area contributed by atoms with Crippen molar-refractivity contribution >= 4 is 32.5 Å². The van der Waals surface area contributed by atoms with E-state index in [1.165, 1.54) is 29.0 Å². The van der Waals surface area contributed by atoms with Gasteiger partial charge in [-0.25, -0.2) is 9.59 Å². The minimum absolute atomic E-state index is 0.274. The van der Waals surface area contributed by atoms with E-state index in [0.717, 1.165) is 32.1 Å². The van der Waals surface area contributed by atoms with E-state index in [0.29, 0.717) is 0 Å². The molecule has 1 rings (SSSR count). The van der Waals surface area contributed by atoms with Crippen molar-refractivity contribution in [2.75, 3.05) is 6.61 Å². The van der Waals surface area contributed by atoms with Crippen LogP contribution in [0.2, 0.25) is 0 Å². The van der Waals surface area contributed by atoms with Crippen LogP contribution in [0.3, 0.4) is 0 Å². The van der Waals surface area contributed by atoms with Crippen molar-refractivity contribution in [2.45, 2.75) is 51.0 Å². The highest BCUT2D eigenvalue weighted by Crippen LogP contribution is 2.34. The van der Waals surface area contributed by atoms with E-state index >= 15 is 0 Å². The highest BCUT2D eigenvalue weighted by molar-refractivity contribution is 14.1. The molecule has 1 saturated carbocycles. The highest BCUT2D eigenvalue weighted by atomic mass is 127. The second-order valence-corrected chi connectivity index (χ2v) is 4.98. The van der Waals surface area contributed by atoms with Gasteiger partial charge in [-0.1, -0.05) is 13.3 Å². The van der Waals surface area contributed by atoms with Crippen LogP contribution in [-0.2, 0) is 14.3 Å². The number of rotatable bonds is 4. The molecule has 16 heavy (non-hydrogen) atoms. The molecule has 0 N–H and O–H groups in total. The first-order valence-electron chi connectivity index (χ1n) is 5.62. The third-order valence-electron chi connectivity index (χ3n) is 3.04. The van der Waals surface area contributed by atoms with Crippen molar-refractivity contribution in [3.63, 3.8) is 0 Å². The maximum atomic E-state index is 11.5. The monoisotopic (exact) mass is 340 g/mol. The molecule has 1 fully saturated rings. The Kier molecular flexibility index (Phi) is 5.51. The highest BCUT2D eigenvalue weighted by Gasteiger charge is 2.34. The molecule has 0 aromatic carbocycles. The van der Waals surface area contributed by atoms with Gasteiger partial charge in [-0.05, 0) is 32.1 Å². The summed E-state index contributed by atoms with van der Waals surface area (Å²) in [5.41, 5.74) is -0.312. The normalized spacial score (nSPS) is 18.9. The summed E-state index contributed by atoms with van der Waals surface area (Å²) in [6, 6.07) is 0. The van der Waals surface area contributed by atoms with Gasteiger partial charge in [0.1, 0.15) is 5.60 Å². The molecule has 0 unspecified atom stereocenters. The summed E-state index contributed by atoms with van der Waals surface area (Å²) >= 11 is 1.49. The summed E-state index contributed by atoms with van der Waals surface area (Å²) in [7, 11) is 0. The summed E-state index contributed by atoms with van der Waals surface area (Å²) in [5, 5.41) is 0. The molecule has 0 heterocycles. The molecule has 1 aliphatic carbocycles. The Morgan fingerprint density at radius 1 is 1.25 bits per heavy atom. The van der Waals surface area contributed by atoms with Crippen molar-refractivity contribution < 1.29 is 19.1 Å². The van der Waals surface area contributed by atoms with Crippen molar-refractivity contribution in [3.05, 3.63) is 0 Å². The number of carbonyl (C=O) groups excluding carboxylic acids is 2. The number of ether oxygens (including phenoxy) is 2. The molecule has 0 spiro atoms. The van der Waals surface area contributed by atoms with Crippen molar-refractivity contribution in [1.29, 1.82) is 0 Å². The Morgan fingerprint density at radius 2 is 1.88 bits per heavy atom. The van der Waals surface area contributed by atoms with E-state index < -0.39 is 9.95 Å². The third-order valence-corrected chi connectivity index (χ3v) is 3.35. The number of carbonyl (C=O) groups is 2. The Hall–Kier alpha value is -0.330. The summed E-state index contributed by atoms with van der Waals surface area (Å²) < 4.78 is 9.58. The number of hydrogen-bond acceptors (Lipinski definition) is 4. The van der Waals surface area contributed by atoms with Gasteiger partial charge < -0.3 is 9.47 Å².